The van der Waals surface area contributed by atoms with Crippen molar-refractivity contribution < 1.29 is 0 Å². The molecule has 4 aromatic rings. The summed E-state index contributed by atoms with van der Waals surface area (Å²) >= 11 is 0. The Kier molecular flexibility index (Phi) is 4.89. The second-order valence-corrected chi connectivity index (χ2v) is 9.19. The lowest BCUT2D eigenvalue weighted by Gasteiger charge is -2.21. The van der Waals surface area contributed by atoms with Crippen molar-refractivity contribution in [3.8, 4) is 0 Å². The lowest BCUT2D eigenvalue weighted by molar-refractivity contribution is 1.24. The van der Waals surface area contributed by atoms with E-state index in [1.54, 1.807) is 0 Å². The summed E-state index contributed by atoms with van der Waals surface area (Å²) in [5, 5.41) is 6.35. The molecule has 0 fully saturated rings. The minimum absolute atomic E-state index is 1.02. The molecule has 0 aromatic heterocycles. The van der Waals surface area contributed by atoms with E-state index in [1.165, 1.54) is 61.0 Å². The van der Waals surface area contributed by atoms with Crippen LogP contribution in [0.3, 0.4) is 0 Å². The van der Waals surface area contributed by atoms with Crippen molar-refractivity contribution in [2.24, 2.45) is 4.99 Å². The monoisotopic (exact) mass is 417 g/mol. The third-order valence-electron chi connectivity index (χ3n) is 6.45. The molecular weight excluding hydrogens is 388 g/mol. The van der Waals surface area contributed by atoms with Gasteiger partial charge in [0.2, 0.25) is 0 Å². The molecule has 1 radical (unpaired) electrons. The van der Waals surface area contributed by atoms with Crippen LogP contribution in [0.4, 0.5) is 11.4 Å². The molecule has 32 heavy (non-hydrogen) atoms. The van der Waals surface area contributed by atoms with Gasteiger partial charge in [0, 0.05) is 11.3 Å². The Morgan fingerprint density at radius 2 is 1.16 bits per heavy atom. The van der Waals surface area contributed by atoms with Gasteiger partial charge >= 0.3 is 0 Å². The van der Waals surface area contributed by atoms with Crippen molar-refractivity contribution in [3.63, 3.8) is 0 Å². The zero-order chi connectivity index (χ0) is 22.6. The third kappa shape index (κ3) is 3.31. The molecular formula is C30H29N2. The Labute approximate surface area is 191 Å². The molecule has 159 valence electrons. The number of hydrogen-bond donors (Lipinski definition) is 1. The van der Waals surface area contributed by atoms with Gasteiger partial charge in [0.25, 0.3) is 0 Å². The van der Waals surface area contributed by atoms with Gasteiger partial charge in [-0.25, -0.2) is 4.99 Å². The van der Waals surface area contributed by atoms with E-state index in [2.05, 4.69) is 108 Å². The van der Waals surface area contributed by atoms with Crippen molar-refractivity contribution >= 4 is 27.9 Å². The van der Waals surface area contributed by atoms with Crippen LogP contribution in [0.15, 0.2) is 65.7 Å². The van der Waals surface area contributed by atoms with Gasteiger partial charge in [-0.15, -0.1) is 0 Å². The molecule has 1 aliphatic carbocycles. The van der Waals surface area contributed by atoms with Crippen LogP contribution in [0, 0.1) is 47.6 Å². The van der Waals surface area contributed by atoms with Crippen molar-refractivity contribution in [1.29, 1.82) is 0 Å². The number of nitrogens with zero attached hydrogens (tertiary/aromatic N) is 1. The first-order valence-electron chi connectivity index (χ1n) is 11.2. The summed E-state index contributed by atoms with van der Waals surface area (Å²) in [4.78, 5) is 5.31. The maximum Gasteiger partial charge on any atom is 0.140 e. The average molecular weight is 418 g/mol. The number of aryl methyl sites for hydroxylation is 6. The highest BCUT2D eigenvalue weighted by molar-refractivity contribution is 6.28. The lowest BCUT2D eigenvalue weighted by atomic mass is 10.0. The van der Waals surface area contributed by atoms with E-state index < -0.39 is 0 Å². The van der Waals surface area contributed by atoms with Crippen LogP contribution in [0.1, 0.15) is 44.5 Å². The normalized spacial score (nSPS) is 14.5. The van der Waals surface area contributed by atoms with Crippen LogP contribution in [0.25, 0.3) is 10.8 Å². The first kappa shape index (κ1) is 20.5. The fourth-order valence-corrected chi connectivity index (χ4v) is 5.21. The first-order valence-corrected chi connectivity index (χ1v) is 11.2. The average Bonchev–Trinajstić information content (AvgIpc) is 3.02. The smallest absolute Gasteiger partial charge is 0.140 e. The predicted molar refractivity (Wildman–Crippen MR) is 137 cm³/mol. The summed E-state index contributed by atoms with van der Waals surface area (Å²) in [5.74, 6) is 0. The Hall–Kier alpha value is -3.39. The predicted octanol–water partition coefficient (Wildman–Crippen LogP) is 7.82. The Balaban J connectivity index is 1.74. The van der Waals surface area contributed by atoms with E-state index in [4.69, 9.17) is 4.99 Å². The van der Waals surface area contributed by atoms with Crippen LogP contribution >= 0.6 is 0 Å². The van der Waals surface area contributed by atoms with E-state index in [0.717, 1.165) is 17.4 Å². The molecule has 0 aliphatic heterocycles. The molecule has 1 aliphatic rings. The van der Waals surface area contributed by atoms with E-state index in [0.29, 0.717) is 0 Å². The maximum absolute atomic E-state index is 5.31. The van der Waals surface area contributed by atoms with Crippen molar-refractivity contribution in [2.75, 3.05) is 5.32 Å². The number of nitrogens with one attached hydrogen (secondary N) is 1. The molecule has 0 saturated heterocycles. The van der Waals surface area contributed by atoms with Crippen LogP contribution in [-0.4, -0.2) is 5.71 Å². The highest BCUT2D eigenvalue weighted by Crippen LogP contribution is 2.41. The molecule has 0 bridgehead atoms. The van der Waals surface area contributed by atoms with E-state index >= 15 is 0 Å². The van der Waals surface area contributed by atoms with Crippen LogP contribution in [-0.2, 0) is 0 Å². The van der Waals surface area contributed by atoms with Gasteiger partial charge < -0.3 is 5.32 Å². The SMILES string of the molecule is Cc1cc(C)c(N=C2[C](Nc3c(C)cc(C)cc3C)c3cccc4cccc2c34)c(C)c1. The zero-order valence-corrected chi connectivity index (χ0v) is 19.7. The molecule has 2 heteroatoms. The van der Waals surface area contributed by atoms with Gasteiger partial charge in [-0.3, -0.25) is 0 Å². The van der Waals surface area contributed by atoms with Crippen molar-refractivity contribution in [2.45, 2.75) is 41.5 Å². The van der Waals surface area contributed by atoms with Gasteiger partial charge in [0.1, 0.15) is 6.04 Å². The van der Waals surface area contributed by atoms with Gasteiger partial charge in [-0.05, 0) is 80.1 Å². The van der Waals surface area contributed by atoms with Gasteiger partial charge in [0.15, 0.2) is 0 Å². The highest BCUT2D eigenvalue weighted by Gasteiger charge is 2.33. The minimum Gasteiger partial charge on any atom is -0.367 e. The number of anilines is 1. The fourth-order valence-electron chi connectivity index (χ4n) is 5.21. The number of rotatable bonds is 3. The molecule has 0 amide bonds. The summed E-state index contributed by atoms with van der Waals surface area (Å²) in [5.41, 5.74) is 13.1. The molecule has 2 nitrogen and oxygen atoms in total. The Morgan fingerprint density at radius 1 is 0.625 bits per heavy atom. The van der Waals surface area contributed by atoms with Gasteiger partial charge in [0.05, 0.1) is 11.4 Å². The second kappa shape index (κ2) is 7.63. The molecule has 5 rings (SSSR count). The molecule has 1 N–H and O–H groups in total. The quantitative estimate of drug-likeness (QED) is 0.361. The van der Waals surface area contributed by atoms with Crippen LogP contribution in [0.2, 0.25) is 0 Å². The van der Waals surface area contributed by atoms with Crippen molar-refractivity contribution in [3.05, 3.63) is 111 Å². The molecule has 0 atom stereocenters. The molecule has 0 spiro atoms. The number of hydrogen-bond acceptors (Lipinski definition) is 2. The Morgan fingerprint density at radius 3 is 1.75 bits per heavy atom. The largest absolute Gasteiger partial charge is 0.367 e. The van der Waals surface area contributed by atoms with Crippen LogP contribution < -0.4 is 5.32 Å². The minimum atomic E-state index is 1.02. The Bertz CT molecular complexity index is 1360. The first-order chi connectivity index (χ1) is 15.3. The summed E-state index contributed by atoms with van der Waals surface area (Å²) in [6.45, 7) is 13.0. The third-order valence-corrected chi connectivity index (χ3v) is 6.45. The van der Waals surface area contributed by atoms with E-state index in [-0.39, 0.29) is 0 Å². The lowest BCUT2D eigenvalue weighted by Crippen LogP contribution is -2.19. The molecule has 4 aromatic carbocycles. The second-order valence-electron chi connectivity index (χ2n) is 9.19. The van der Waals surface area contributed by atoms with Crippen molar-refractivity contribution in [1.82, 2.24) is 0 Å². The van der Waals surface area contributed by atoms with Gasteiger partial charge in [-0.2, -0.15) is 0 Å². The standard InChI is InChI=1S/C30H29N2/c1-17-13-19(3)27(20(4)14-17)31-29-24-11-7-9-23-10-8-12-25(26(23)24)30(29)32-28-21(5)15-18(2)16-22(28)6/h7-16,31H,1-6H3. The summed E-state index contributed by atoms with van der Waals surface area (Å²) in [6, 6.07) is 23.1. The fraction of sp³-hybridized carbons (Fsp3) is 0.200. The molecule has 0 heterocycles. The van der Waals surface area contributed by atoms with E-state index in [1.807, 2.05) is 0 Å². The topological polar surface area (TPSA) is 24.4 Å². The summed E-state index contributed by atoms with van der Waals surface area (Å²) < 4.78 is 0. The highest BCUT2D eigenvalue weighted by atomic mass is 15.0. The zero-order valence-electron chi connectivity index (χ0n) is 19.7. The number of benzene rings is 4. The van der Waals surface area contributed by atoms with E-state index in [9.17, 15) is 0 Å². The maximum atomic E-state index is 5.31. The molecule has 0 unspecified atom stereocenters. The summed E-state index contributed by atoms with van der Waals surface area (Å²) in [6.07, 6.45) is 0. The van der Waals surface area contributed by atoms with Gasteiger partial charge in [-0.1, -0.05) is 71.8 Å². The summed E-state index contributed by atoms with van der Waals surface area (Å²) in [7, 11) is 0. The molecule has 0 saturated carbocycles. The number of aliphatic imine (C=N–C) groups is 1. The van der Waals surface area contributed by atoms with Crippen LogP contribution in [0.5, 0.6) is 0 Å².